The molecule has 5 heteroatoms. The van der Waals surface area contributed by atoms with Gasteiger partial charge in [-0.15, -0.1) is 0 Å². The van der Waals surface area contributed by atoms with Gasteiger partial charge in [0.15, 0.2) is 5.84 Å². The molecule has 0 unspecified atom stereocenters. The van der Waals surface area contributed by atoms with E-state index in [0.717, 1.165) is 0 Å². The molecule has 0 aliphatic rings. The summed E-state index contributed by atoms with van der Waals surface area (Å²) in [6.45, 7) is 4.39. The highest BCUT2D eigenvalue weighted by molar-refractivity contribution is 5.99. The number of halogens is 1. The van der Waals surface area contributed by atoms with Crippen molar-refractivity contribution in [1.29, 1.82) is 0 Å². The average molecular weight is 226 g/mol. The predicted octanol–water partition coefficient (Wildman–Crippen LogP) is 1.96. The number of hydrogen-bond acceptors (Lipinski definition) is 3. The highest BCUT2D eigenvalue weighted by Crippen LogP contribution is 2.21. The number of nitrogens with zero attached hydrogens (tertiary/aromatic N) is 1. The third-order valence-corrected chi connectivity index (χ3v) is 1.91. The molecular formula is C11H15FN2O2. The molecule has 0 bridgehead atoms. The first-order valence-corrected chi connectivity index (χ1v) is 4.95. The fourth-order valence-electron chi connectivity index (χ4n) is 1.18. The molecule has 0 spiro atoms. The number of nitrogens with two attached hydrogens (primary N) is 1. The minimum absolute atomic E-state index is 0.00866. The van der Waals surface area contributed by atoms with Gasteiger partial charge in [-0.1, -0.05) is 25.1 Å². The first-order valence-electron chi connectivity index (χ1n) is 4.95. The van der Waals surface area contributed by atoms with Gasteiger partial charge >= 0.3 is 0 Å². The molecule has 16 heavy (non-hydrogen) atoms. The van der Waals surface area contributed by atoms with Gasteiger partial charge < -0.3 is 15.7 Å². The van der Waals surface area contributed by atoms with Crippen LogP contribution >= 0.6 is 0 Å². The Labute approximate surface area is 93.5 Å². The monoisotopic (exact) mass is 226 g/mol. The van der Waals surface area contributed by atoms with E-state index >= 15 is 0 Å². The molecule has 0 saturated carbocycles. The van der Waals surface area contributed by atoms with Crippen LogP contribution in [0.5, 0.6) is 5.75 Å². The number of rotatable bonds is 4. The molecule has 0 heterocycles. The van der Waals surface area contributed by atoms with Crippen LogP contribution in [-0.2, 0) is 0 Å². The molecule has 0 radical (unpaired) electrons. The molecule has 4 nitrogen and oxygen atoms in total. The van der Waals surface area contributed by atoms with Gasteiger partial charge in [0.1, 0.15) is 11.6 Å². The van der Waals surface area contributed by atoms with Crippen molar-refractivity contribution in [2.75, 3.05) is 6.61 Å². The lowest BCUT2D eigenvalue weighted by molar-refractivity contribution is 0.268. The molecule has 1 aromatic carbocycles. The topological polar surface area (TPSA) is 67.8 Å². The van der Waals surface area contributed by atoms with Crippen LogP contribution < -0.4 is 10.5 Å². The molecule has 0 aliphatic heterocycles. The number of oxime groups is 1. The van der Waals surface area contributed by atoms with Gasteiger partial charge in [-0.3, -0.25) is 0 Å². The molecular weight excluding hydrogens is 211 g/mol. The minimum Gasteiger partial charge on any atom is -0.492 e. The summed E-state index contributed by atoms with van der Waals surface area (Å²) in [5.41, 5.74) is 5.37. The summed E-state index contributed by atoms with van der Waals surface area (Å²) >= 11 is 0. The van der Waals surface area contributed by atoms with Crippen LogP contribution in [-0.4, -0.2) is 17.6 Å². The Balaban J connectivity index is 3.03. The molecule has 88 valence electrons. The third-order valence-electron chi connectivity index (χ3n) is 1.91. The standard InChI is InChI=1S/C11H15FN2O2/c1-7(2)6-16-9-5-3-4-8(12)10(9)11(13)14-15/h3-5,7,15H,6H2,1-2H3,(H2,13,14). The van der Waals surface area contributed by atoms with Crippen LogP contribution in [0.4, 0.5) is 4.39 Å². The van der Waals surface area contributed by atoms with Crippen LogP contribution in [0.2, 0.25) is 0 Å². The maximum absolute atomic E-state index is 13.5. The number of hydrogen-bond donors (Lipinski definition) is 2. The zero-order valence-corrected chi connectivity index (χ0v) is 9.27. The maximum atomic E-state index is 13.5. The molecule has 0 aliphatic carbocycles. The van der Waals surface area contributed by atoms with Gasteiger partial charge in [-0.25, -0.2) is 4.39 Å². The molecule has 0 atom stereocenters. The van der Waals surface area contributed by atoms with Crippen LogP contribution in [0, 0.1) is 11.7 Å². The summed E-state index contributed by atoms with van der Waals surface area (Å²) in [5.74, 6) is -0.277. The normalized spacial score (nSPS) is 11.9. The average Bonchev–Trinajstić information content (AvgIpc) is 2.25. The molecule has 1 aromatic rings. The minimum atomic E-state index is -0.573. The number of amidine groups is 1. The zero-order chi connectivity index (χ0) is 12.1. The fraction of sp³-hybridized carbons (Fsp3) is 0.364. The van der Waals surface area contributed by atoms with Gasteiger partial charge in [-0.2, -0.15) is 0 Å². The van der Waals surface area contributed by atoms with Crippen molar-refractivity contribution in [1.82, 2.24) is 0 Å². The highest BCUT2D eigenvalue weighted by Gasteiger charge is 2.14. The van der Waals surface area contributed by atoms with Crippen LogP contribution in [0.1, 0.15) is 19.4 Å². The molecule has 0 fully saturated rings. The van der Waals surface area contributed by atoms with Gasteiger partial charge in [0.25, 0.3) is 0 Å². The van der Waals surface area contributed by atoms with Crippen molar-refractivity contribution in [3.63, 3.8) is 0 Å². The Morgan fingerprint density at radius 1 is 1.56 bits per heavy atom. The maximum Gasteiger partial charge on any atom is 0.176 e. The Kier molecular flexibility index (Phi) is 4.10. The van der Waals surface area contributed by atoms with Crippen LogP contribution in [0.15, 0.2) is 23.4 Å². The zero-order valence-electron chi connectivity index (χ0n) is 9.27. The van der Waals surface area contributed by atoms with Crippen molar-refractivity contribution in [2.24, 2.45) is 16.8 Å². The smallest absolute Gasteiger partial charge is 0.176 e. The van der Waals surface area contributed by atoms with Crippen LogP contribution in [0.3, 0.4) is 0 Å². The summed E-state index contributed by atoms with van der Waals surface area (Å²) in [7, 11) is 0. The van der Waals surface area contributed by atoms with Gasteiger partial charge in [-0.05, 0) is 18.1 Å². The van der Waals surface area contributed by atoms with Crippen molar-refractivity contribution in [3.05, 3.63) is 29.6 Å². The SMILES string of the molecule is CC(C)COc1cccc(F)c1C(N)=NO. The van der Waals surface area contributed by atoms with E-state index in [2.05, 4.69) is 5.16 Å². The summed E-state index contributed by atoms with van der Waals surface area (Å²) in [6.07, 6.45) is 0. The Morgan fingerprint density at radius 2 is 2.25 bits per heavy atom. The van der Waals surface area contributed by atoms with Crippen molar-refractivity contribution in [3.8, 4) is 5.75 Å². The lowest BCUT2D eigenvalue weighted by atomic mass is 10.1. The molecule has 1 rings (SSSR count). The predicted molar refractivity (Wildman–Crippen MR) is 59.2 cm³/mol. The second-order valence-electron chi connectivity index (χ2n) is 3.80. The van der Waals surface area contributed by atoms with Crippen molar-refractivity contribution >= 4 is 5.84 Å². The Bertz CT molecular complexity index is 392. The summed E-state index contributed by atoms with van der Waals surface area (Å²) in [4.78, 5) is 0. The Hall–Kier alpha value is -1.78. The third kappa shape index (κ3) is 2.85. The van der Waals surface area contributed by atoms with Crippen molar-refractivity contribution in [2.45, 2.75) is 13.8 Å². The molecule has 3 N–H and O–H groups in total. The summed E-state index contributed by atoms with van der Waals surface area (Å²) in [6, 6.07) is 4.33. The summed E-state index contributed by atoms with van der Waals surface area (Å²) < 4.78 is 18.9. The molecule has 0 amide bonds. The first-order chi connectivity index (χ1) is 7.56. The molecule has 0 saturated heterocycles. The van der Waals surface area contributed by atoms with Gasteiger partial charge in [0.05, 0.1) is 12.2 Å². The first kappa shape index (κ1) is 12.3. The summed E-state index contributed by atoms with van der Waals surface area (Å²) in [5, 5.41) is 11.3. The lowest BCUT2D eigenvalue weighted by Gasteiger charge is -2.12. The number of benzene rings is 1. The van der Waals surface area contributed by atoms with E-state index in [4.69, 9.17) is 15.7 Å². The van der Waals surface area contributed by atoms with E-state index < -0.39 is 5.82 Å². The second kappa shape index (κ2) is 5.34. The second-order valence-corrected chi connectivity index (χ2v) is 3.80. The van der Waals surface area contributed by atoms with Gasteiger partial charge in [0.2, 0.25) is 0 Å². The van der Waals surface area contributed by atoms with E-state index in [1.54, 1.807) is 6.07 Å². The molecule has 0 aromatic heterocycles. The van der Waals surface area contributed by atoms with Crippen LogP contribution in [0.25, 0.3) is 0 Å². The van der Waals surface area contributed by atoms with E-state index in [-0.39, 0.29) is 17.1 Å². The van der Waals surface area contributed by atoms with Gasteiger partial charge in [0, 0.05) is 0 Å². The largest absolute Gasteiger partial charge is 0.492 e. The van der Waals surface area contributed by atoms with E-state index in [1.807, 2.05) is 13.8 Å². The van der Waals surface area contributed by atoms with Crippen molar-refractivity contribution < 1.29 is 14.3 Å². The number of ether oxygens (including phenoxy) is 1. The Morgan fingerprint density at radius 3 is 2.81 bits per heavy atom. The van der Waals surface area contributed by atoms with E-state index in [9.17, 15) is 4.39 Å². The fourth-order valence-corrected chi connectivity index (χ4v) is 1.18. The lowest BCUT2D eigenvalue weighted by Crippen LogP contribution is -2.18. The van der Waals surface area contributed by atoms with E-state index in [0.29, 0.717) is 12.5 Å². The quantitative estimate of drug-likeness (QED) is 0.357. The highest BCUT2D eigenvalue weighted by atomic mass is 19.1. The van der Waals surface area contributed by atoms with E-state index in [1.165, 1.54) is 12.1 Å².